The molecule has 3 aromatic rings. The second kappa shape index (κ2) is 7.60. The highest BCUT2D eigenvalue weighted by molar-refractivity contribution is 7.89. The van der Waals surface area contributed by atoms with Gasteiger partial charge in [-0.05, 0) is 51.0 Å². The van der Waals surface area contributed by atoms with Gasteiger partial charge in [0.2, 0.25) is 10.0 Å². The SMILES string of the molecule is Cc1ccc(S(=O)(=O)N2CCN(Cn3nc(C)c4c(C)onc4c3=O)CC2)cc1C. The fourth-order valence-electron chi connectivity index (χ4n) is 3.76. The van der Waals surface area contributed by atoms with Gasteiger partial charge in [-0.3, -0.25) is 9.69 Å². The van der Waals surface area contributed by atoms with Crippen LogP contribution in [0.25, 0.3) is 10.9 Å². The van der Waals surface area contributed by atoms with Crippen LogP contribution in [0.1, 0.15) is 22.6 Å². The molecule has 3 heterocycles. The zero-order chi connectivity index (χ0) is 21.6. The normalized spacial score (nSPS) is 16.4. The first-order chi connectivity index (χ1) is 14.2. The van der Waals surface area contributed by atoms with Crippen molar-refractivity contribution in [2.24, 2.45) is 0 Å². The molecule has 1 saturated heterocycles. The highest BCUT2D eigenvalue weighted by atomic mass is 32.2. The topological polar surface area (TPSA) is 102 Å². The van der Waals surface area contributed by atoms with Crippen LogP contribution in [-0.4, -0.2) is 58.7 Å². The van der Waals surface area contributed by atoms with Crippen molar-refractivity contribution >= 4 is 20.9 Å². The summed E-state index contributed by atoms with van der Waals surface area (Å²) in [4.78, 5) is 15.0. The second-order valence-electron chi connectivity index (χ2n) is 7.76. The van der Waals surface area contributed by atoms with Crippen LogP contribution < -0.4 is 5.56 Å². The lowest BCUT2D eigenvalue weighted by Crippen LogP contribution is -2.49. The van der Waals surface area contributed by atoms with Gasteiger partial charge in [0.25, 0.3) is 5.56 Å². The molecule has 0 atom stereocenters. The number of benzene rings is 1. The first-order valence-electron chi connectivity index (χ1n) is 9.82. The minimum Gasteiger partial charge on any atom is -0.360 e. The summed E-state index contributed by atoms with van der Waals surface area (Å²) < 4.78 is 34.0. The summed E-state index contributed by atoms with van der Waals surface area (Å²) in [7, 11) is -3.54. The molecule has 0 unspecified atom stereocenters. The fourth-order valence-corrected chi connectivity index (χ4v) is 5.27. The van der Waals surface area contributed by atoms with E-state index in [4.69, 9.17) is 4.52 Å². The Labute approximate surface area is 174 Å². The van der Waals surface area contributed by atoms with Crippen molar-refractivity contribution in [2.75, 3.05) is 26.2 Å². The predicted molar refractivity (Wildman–Crippen MR) is 112 cm³/mol. The monoisotopic (exact) mass is 431 g/mol. The molecule has 0 N–H and O–H groups in total. The lowest BCUT2D eigenvalue weighted by molar-refractivity contribution is 0.143. The largest absolute Gasteiger partial charge is 0.360 e. The molecule has 4 rings (SSSR count). The van der Waals surface area contributed by atoms with Gasteiger partial charge in [-0.15, -0.1) is 0 Å². The molecule has 0 aliphatic carbocycles. The van der Waals surface area contributed by atoms with Gasteiger partial charge in [-0.1, -0.05) is 11.2 Å². The standard InChI is InChI=1S/C20H25N5O4S/c1-13-5-6-17(11-14(13)2)30(27,28)24-9-7-23(8-10-24)12-25-20(26)19-18(15(3)21-25)16(4)29-22-19/h5-6,11H,7-10,12H2,1-4H3. The number of fused-ring (bicyclic) bond motifs is 1. The molecule has 2 aromatic heterocycles. The number of rotatable bonds is 4. The molecule has 0 spiro atoms. The Balaban J connectivity index is 1.49. The minimum absolute atomic E-state index is 0.274. The molecule has 160 valence electrons. The minimum atomic E-state index is -3.54. The summed E-state index contributed by atoms with van der Waals surface area (Å²) in [5.74, 6) is 0.574. The van der Waals surface area contributed by atoms with Crippen LogP contribution in [0.5, 0.6) is 0 Å². The van der Waals surface area contributed by atoms with Crippen molar-refractivity contribution in [2.45, 2.75) is 39.3 Å². The molecule has 0 amide bonds. The van der Waals surface area contributed by atoms with Crippen molar-refractivity contribution < 1.29 is 12.9 Å². The van der Waals surface area contributed by atoms with Gasteiger partial charge < -0.3 is 4.52 Å². The van der Waals surface area contributed by atoms with Crippen LogP contribution in [-0.2, 0) is 16.7 Å². The molecule has 1 aromatic carbocycles. The van der Waals surface area contributed by atoms with E-state index in [0.29, 0.717) is 47.9 Å². The van der Waals surface area contributed by atoms with Crippen LogP contribution in [0.3, 0.4) is 0 Å². The Morgan fingerprint density at radius 3 is 2.40 bits per heavy atom. The van der Waals surface area contributed by atoms with Crippen LogP contribution in [0, 0.1) is 27.7 Å². The van der Waals surface area contributed by atoms with E-state index in [1.165, 1.54) is 8.99 Å². The van der Waals surface area contributed by atoms with Gasteiger partial charge in [0.1, 0.15) is 5.76 Å². The van der Waals surface area contributed by atoms with Crippen molar-refractivity contribution in [3.8, 4) is 0 Å². The molecule has 1 aliphatic heterocycles. The molecule has 9 nitrogen and oxygen atoms in total. The van der Waals surface area contributed by atoms with Gasteiger partial charge in [0.15, 0.2) is 5.52 Å². The number of nitrogens with zero attached hydrogens (tertiary/aromatic N) is 5. The third kappa shape index (κ3) is 3.55. The fraction of sp³-hybridized carbons (Fsp3) is 0.450. The lowest BCUT2D eigenvalue weighted by Gasteiger charge is -2.33. The predicted octanol–water partition coefficient (Wildman–Crippen LogP) is 1.58. The molecule has 1 fully saturated rings. The zero-order valence-corrected chi connectivity index (χ0v) is 18.4. The quantitative estimate of drug-likeness (QED) is 0.618. The van der Waals surface area contributed by atoms with E-state index in [-0.39, 0.29) is 17.7 Å². The van der Waals surface area contributed by atoms with Gasteiger partial charge in [-0.2, -0.15) is 9.40 Å². The maximum atomic E-state index is 13.0. The molecule has 1 aliphatic rings. The summed E-state index contributed by atoms with van der Waals surface area (Å²) in [6, 6.07) is 5.21. The van der Waals surface area contributed by atoms with E-state index in [9.17, 15) is 13.2 Å². The lowest BCUT2D eigenvalue weighted by atomic mass is 10.1. The maximum absolute atomic E-state index is 13.0. The third-order valence-electron chi connectivity index (χ3n) is 5.71. The average Bonchev–Trinajstić information content (AvgIpc) is 3.10. The Bertz CT molecular complexity index is 1270. The summed E-state index contributed by atoms with van der Waals surface area (Å²) in [6.45, 7) is 9.44. The van der Waals surface area contributed by atoms with Gasteiger partial charge in [0, 0.05) is 26.2 Å². The van der Waals surface area contributed by atoms with Crippen molar-refractivity contribution in [3.05, 3.63) is 51.1 Å². The smallest absolute Gasteiger partial charge is 0.298 e. The second-order valence-corrected chi connectivity index (χ2v) is 9.70. The number of aryl methyl sites for hydroxylation is 4. The summed E-state index contributed by atoms with van der Waals surface area (Å²) in [5.41, 5.74) is 2.66. The van der Waals surface area contributed by atoms with Gasteiger partial charge in [0.05, 0.1) is 22.6 Å². The summed E-state index contributed by atoms with van der Waals surface area (Å²) in [5, 5.41) is 8.91. The van der Waals surface area contributed by atoms with Crippen molar-refractivity contribution in [1.29, 1.82) is 0 Å². The van der Waals surface area contributed by atoms with E-state index in [0.717, 1.165) is 11.1 Å². The van der Waals surface area contributed by atoms with E-state index in [1.54, 1.807) is 19.1 Å². The van der Waals surface area contributed by atoms with E-state index >= 15 is 0 Å². The zero-order valence-electron chi connectivity index (χ0n) is 17.5. The molecular weight excluding hydrogens is 406 g/mol. The number of sulfonamides is 1. The highest BCUT2D eigenvalue weighted by Crippen LogP contribution is 2.21. The van der Waals surface area contributed by atoms with E-state index in [1.807, 2.05) is 31.7 Å². The summed E-state index contributed by atoms with van der Waals surface area (Å²) >= 11 is 0. The number of hydrogen-bond acceptors (Lipinski definition) is 7. The van der Waals surface area contributed by atoms with Crippen LogP contribution in [0.15, 0.2) is 32.4 Å². The molecular formula is C20H25N5O4S. The van der Waals surface area contributed by atoms with Crippen molar-refractivity contribution in [3.63, 3.8) is 0 Å². The molecule has 0 saturated carbocycles. The first kappa shape index (κ1) is 20.7. The van der Waals surface area contributed by atoms with Gasteiger partial charge in [-0.25, -0.2) is 13.1 Å². The van der Waals surface area contributed by atoms with Crippen LogP contribution >= 0.6 is 0 Å². The first-order valence-corrected chi connectivity index (χ1v) is 11.3. The molecule has 10 heteroatoms. The van der Waals surface area contributed by atoms with E-state index in [2.05, 4.69) is 10.3 Å². The number of aromatic nitrogens is 3. The third-order valence-corrected chi connectivity index (χ3v) is 7.61. The molecule has 30 heavy (non-hydrogen) atoms. The maximum Gasteiger partial charge on any atom is 0.298 e. The van der Waals surface area contributed by atoms with Crippen LogP contribution in [0.4, 0.5) is 0 Å². The Morgan fingerprint density at radius 1 is 1.03 bits per heavy atom. The number of piperazine rings is 1. The molecule has 0 radical (unpaired) electrons. The Hall–Kier alpha value is -2.56. The molecule has 0 bridgehead atoms. The van der Waals surface area contributed by atoms with Crippen LogP contribution in [0.2, 0.25) is 0 Å². The summed E-state index contributed by atoms with van der Waals surface area (Å²) in [6.07, 6.45) is 0. The Morgan fingerprint density at radius 2 is 1.73 bits per heavy atom. The average molecular weight is 432 g/mol. The number of hydrogen-bond donors (Lipinski definition) is 0. The Kier molecular flexibility index (Phi) is 5.25. The highest BCUT2D eigenvalue weighted by Gasteiger charge is 2.29. The van der Waals surface area contributed by atoms with Crippen molar-refractivity contribution in [1.82, 2.24) is 24.1 Å². The van der Waals surface area contributed by atoms with E-state index < -0.39 is 10.0 Å². The van der Waals surface area contributed by atoms with Gasteiger partial charge >= 0.3 is 0 Å².